The molecule has 18 heavy (non-hydrogen) atoms. The van der Waals surface area contributed by atoms with Crippen LogP contribution >= 0.6 is 27.7 Å². The van der Waals surface area contributed by atoms with Gasteiger partial charge in [0.25, 0.3) is 0 Å². The van der Waals surface area contributed by atoms with Gasteiger partial charge < -0.3 is 5.32 Å². The van der Waals surface area contributed by atoms with Crippen molar-refractivity contribution in [1.29, 1.82) is 0 Å². The van der Waals surface area contributed by atoms with Gasteiger partial charge in [0.05, 0.1) is 0 Å². The van der Waals surface area contributed by atoms with E-state index in [0.29, 0.717) is 6.04 Å². The molecule has 0 heterocycles. The van der Waals surface area contributed by atoms with Crippen LogP contribution in [0.4, 0.5) is 0 Å². The van der Waals surface area contributed by atoms with Gasteiger partial charge in [-0.3, -0.25) is 0 Å². The van der Waals surface area contributed by atoms with E-state index in [-0.39, 0.29) is 0 Å². The van der Waals surface area contributed by atoms with Gasteiger partial charge in [0.1, 0.15) is 0 Å². The topological polar surface area (TPSA) is 12.0 Å². The van der Waals surface area contributed by atoms with Crippen molar-refractivity contribution in [1.82, 2.24) is 5.32 Å². The highest BCUT2D eigenvalue weighted by Crippen LogP contribution is 2.19. The maximum Gasteiger partial charge on any atom is 0.0317 e. The van der Waals surface area contributed by atoms with Crippen LogP contribution in [0.1, 0.15) is 44.2 Å². The van der Waals surface area contributed by atoms with Crippen LogP contribution in [0.25, 0.3) is 0 Å². The Hall–Kier alpha value is 0.01000. The minimum Gasteiger partial charge on any atom is -0.310 e. The molecular weight excluding hydrogens is 306 g/mol. The van der Waals surface area contributed by atoms with Gasteiger partial charge in [-0.2, -0.15) is 11.8 Å². The fourth-order valence-corrected chi connectivity index (χ4v) is 2.77. The van der Waals surface area contributed by atoms with Crippen molar-refractivity contribution in [2.45, 2.75) is 38.6 Å². The number of rotatable bonds is 9. The largest absolute Gasteiger partial charge is 0.310 e. The van der Waals surface area contributed by atoms with E-state index in [1.165, 1.54) is 30.6 Å². The molecule has 1 aromatic rings. The summed E-state index contributed by atoms with van der Waals surface area (Å²) in [6, 6.07) is 9.16. The SMILES string of the molecule is CCC(NCCCCCSC)c1ccc(Br)cc1. The standard InChI is InChI=1S/C15H24BrNS/c1-3-15(13-7-9-14(16)10-8-13)17-11-5-4-6-12-18-2/h7-10,15,17H,3-6,11-12H2,1-2H3. The van der Waals surface area contributed by atoms with Gasteiger partial charge in [-0.1, -0.05) is 41.4 Å². The predicted octanol–water partition coefficient (Wildman–Crippen LogP) is 5.02. The molecule has 1 aromatic carbocycles. The molecule has 0 aliphatic heterocycles. The Bertz CT molecular complexity index is 313. The zero-order chi connectivity index (χ0) is 13.2. The lowest BCUT2D eigenvalue weighted by Crippen LogP contribution is -2.21. The molecule has 0 aromatic heterocycles. The van der Waals surface area contributed by atoms with E-state index >= 15 is 0 Å². The summed E-state index contributed by atoms with van der Waals surface area (Å²) in [7, 11) is 0. The third-order valence-electron chi connectivity index (χ3n) is 3.10. The van der Waals surface area contributed by atoms with Crippen LogP contribution in [0.3, 0.4) is 0 Å². The predicted molar refractivity (Wildman–Crippen MR) is 87.4 cm³/mol. The summed E-state index contributed by atoms with van der Waals surface area (Å²) in [4.78, 5) is 0. The van der Waals surface area contributed by atoms with Crippen molar-refractivity contribution in [2.24, 2.45) is 0 Å². The van der Waals surface area contributed by atoms with E-state index in [1.807, 2.05) is 11.8 Å². The summed E-state index contributed by atoms with van der Waals surface area (Å²) < 4.78 is 1.15. The molecule has 0 fully saturated rings. The Morgan fingerprint density at radius 1 is 1.17 bits per heavy atom. The molecule has 1 atom stereocenters. The molecule has 0 saturated heterocycles. The summed E-state index contributed by atoms with van der Waals surface area (Å²) in [6.45, 7) is 3.37. The number of thioether (sulfide) groups is 1. The lowest BCUT2D eigenvalue weighted by Gasteiger charge is -2.17. The second-order valence-corrected chi connectivity index (χ2v) is 6.42. The van der Waals surface area contributed by atoms with Crippen LogP contribution in [0.2, 0.25) is 0 Å². The highest BCUT2D eigenvalue weighted by molar-refractivity contribution is 9.10. The number of benzene rings is 1. The van der Waals surface area contributed by atoms with Crippen LogP contribution < -0.4 is 5.32 Å². The zero-order valence-electron chi connectivity index (χ0n) is 11.4. The minimum absolute atomic E-state index is 0.499. The number of halogens is 1. The Balaban J connectivity index is 2.27. The molecule has 0 aliphatic rings. The van der Waals surface area contributed by atoms with Crippen molar-refractivity contribution < 1.29 is 0 Å². The molecule has 1 N–H and O–H groups in total. The first-order chi connectivity index (χ1) is 8.77. The van der Waals surface area contributed by atoms with E-state index in [9.17, 15) is 0 Å². The van der Waals surface area contributed by atoms with Gasteiger partial charge in [0.2, 0.25) is 0 Å². The molecule has 3 heteroatoms. The normalized spacial score (nSPS) is 12.6. The van der Waals surface area contributed by atoms with Crippen LogP contribution in [-0.2, 0) is 0 Å². The first-order valence-corrected chi connectivity index (χ1v) is 8.94. The number of hydrogen-bond acceptors (Lipinski definition) is 2. The maximum absolute atomic E-state index is 3.66. The minimum atomic E-state index is 0.499. The van der Waals surface area contributed by atoms with E-state index in [4.69, 9.17) is 0 Å². The quantitative estimate of drug-likeness (QED) is 0.638. The third-order valence-corrected chi connectivity index (χ3v) is 4.32. The molecule has 0 amide bonds. The molecule has 0 saturated carbocycles. The van der Waals surface area contributed by atoms with Crippen molar-refractivity contribution in [2.75, 3.05) is 18.6 Å². The van der Waals surface area contributed by atoms with Crippen molar-refractivity contribution >= 4 is 27.7 Å². The smallest absolute Gasteiger partial charge is 0.0317 e. The van der Waals surface area contributed by atoms with E-state index in [0.717, 1.165) is 17.4 Å². The van der Waals surface area contributed by atoms with Crippen LogP contribution in [0.15, 0.2) is 28.7 Å². The fourth-order valence-electron chi connectivity index (χ4n) is 2.02. The van der Waals surface area contributed by atoms with E-state index in [1.54, 1.807) is 0 Å². The van der Waals surface area contributed by atoms with Crippen LogP contribution in [0.5, 0.6) is 0 Å². The number of hydrogen-bond donors (Lipinski definition) is 1. The van der Waals surface area contributed by atoms with Gasteiger partial charge in [0.15, 0.2) is 0 Å². The Morgan fingerprint density at radius 3 is 2.50 bits per heavy atom. The number of unbranched alkanes of at least 4 members (excludes halogenated alkanes) is 2. The highest BCUT2D eigenvalue weighted by Gasteiger charge is 2.07. The second-order valence-electron chi connectivity index (χ2n) is 4.52. The van der Waals surface area contributed by atoms with E-state index < -0.39 is 0 Å². The van der Waals surface area contributed by atoms with Crippen molar-refractivity contribution in [3.05, 3.63) is 34.3 Å². The summed E-state index contributed by atoms with van der Waals surface area (Å²) in [5, 5.41) is 3.66. The molecule has 102 valence electrons. The molecule has 1 unspecified atom stereocenters. The van der Waals surface area contributed by atoms with Gasteiger partial charge >= 0.3 is 0 Å². The summed E-state index contributed by atoms with van der Waals surface area (Å²) >= 11 is 5.43. The average molecular weight is 330 g/mol. The van der Waals surface area contributed by atoms with Gasteiger partial charge in [-0.25, -0.2) is 0 Å². The zero-order valence-corrected chi connectivity index (χ0v) is 13.8. The van der Waals surface area contributed by atoms with Crippen molar-refractivity contribution in [3.63, 3.8) is 0 Å². The first-order valence-electron chi connectivity index (χ1n) is 6.75. The van der Waals surface area contributed by atoms with Crippen molar-refractivity contribution in [3.8, 4) is 0 Å². The molecule has 0 aliphatic carbocycles. The summed E-state index contributed by atoms with van der Waals surface area (Å²) in [5.41, 5.74) is 1.39. The maximum atomic E-state index is 3.66. The lowest BCUT2D eigenvalue weighted by atomic mass is 10.0. The molecule has 1 nitrogen and oxygen atoms in total. The number of nitrogens with one attached hydrogen (secondary N) is 1. The second kappa shape index (κ2) is 9.88. The molecule has 0 radical (unpaired) electrons. The monoisotopic (exact) mass is 329 g/mol. The Labute approximate surface area is 124 Å². The molecule has 1 rings (SSSR count). The third kappa shape index (κ3) is 6.26. The fraction of sp³-hybridized carbons (Fsp3) is 0.600. The van der Waals surface area contributed by atoms with Gasteiger partial charge in [-0.05, 0) is 55.5 Å². The molecule has 0 bridgehead atoms. The Morgan fingerprint density at radius 2 is 1.89 bits per heavy atom. The van der Waals surface area contributed by atoms with Gasteiger partial charge in [-0.15, -0.1) is 0 Å². The highest BCUT2D eigenvalue weighted by atomic mass is 79.9. The lowest BCUT2D eigenvalue weighted by molar-refractivity contribution is 0.502. The van der Waals surface area contributed by atoms with Crippen LogP contribution in [-0.4, -0.2) is 18.6 Å². The van der Waals surface area contributed by atoms with Gasteiger partial charge in [0, 0.05) is 10.5 Å². The van der Waals surface area contributed by atoms with E-state index in [2.05, 4.69) is 58.7 Å². The van der Waals surface area contributed by atoms with Crippen LogP contribution in [0, 0.1) is 0 Å². The summed E-state index contributed by atoms with van der Waals surface area (Å²) in [6.07, 6.45) is 7.29. The summed E-state index contributed by atoms with van der Waals surface area (Å²) in [5.74, 6) is 1.30. The average Bonchev–Trinajstić information content (AvgIpc) is 2.39. The Kier molecular flexibility index (Phi) is 8.82. The molecule has 0 spiro atoms. The molecular formula is C15H24BrNS. The first kappa shape index (κ1) is 16.1.